The van der Waals surface area contributed by atoms with Crippen molar-refractivity contribution in [1.29, 1.82) is 0 Å². The Labute approximate surface area is 140 Å². The van der Waals surface area contributed by atoms with Crippen LogP contribution in [-0.2, 0) is 11.2 Å². The van der Waals surface area contributed by atoms with E-state index in [2.05, 4.69) is 16.0 Å². The lowest BCUT2D eigenvalue weighted by atomic mass is 10.1. The van der Waals surface area contributed by atoms with Crippen molar-refractivity contribution in [2.75, 3.05) is 10.6 Å². The Hall–Kier alpha value is -2.89. The Morgan fingerprint density at radius 1 is 0.958 bits per heavy atom. The largest absolute Gasteiger partial charge is 0.336 e. The molecule has 3 amide bonds. The summed E-state index contributed by atoms with van der Waals surface area (Å²) in [6, 6.07) is 12.6. The Kier molecular flexibility index (Phi) is 5.89. The Balaban J connectivity index is 2.05. The molecule has 126 valence electrons. The standard InChI is InChI=1S/C18H20FN3O2/c1-12(2)20-18(24)22-16-10-6-5-9-15(16)21-17(23)11-13-7-3-4-8-14(13)19/h3-10,12H,11H2,1-2H3,(H,21,23)(H2,20,22,24). The molecule has 0 heterocycles. The maximum Gasteiger partial charge on any atom is 0.319 e. The maximum absolute atomic E-state index is 13.6. The van der Waals surface area contributed by atoms with Gasteiger partial charge in [-0.1, -0.05) is 30.3 Å². The average molecular weight is 329 g/mol. The second kappa shape index (κ2) is 8.10. The van der Waals surface area contributed by atoms with Crippen molar-refractivity contribution in [1.82, 2.24) is 5.32 Å². The fourth-order valence-electron chi connectivity index (χ4n) is 2.13. The first-order valence-electron chi connectivity index (χ1n) is 7.65. The monoisotopic (exact) mass is 329 g/mol. The van der Waals surface area contributed by atoms with Crippen LogP contribution in [0.4, 0.5) is 20.6 Å². The lowest BCUT2D eigenvalue weighted by Crippen LogP contribution is -2.34. The molecule has 0 spiro atoms. The van der Waals surface area contributed by atoms with Gasteiger partial charge in [-0.15, -0.1) is 0 Å². The van der Waals surface area contributed by atoms with E-state index in [0.29, 0.717) is 16.9 Å². The number of anilines is 2. The minimum absolute atomic E-state index is 0.00666. The van der Waals surface area contributed by atoms with E-state index in [0.717, 1.165) is 0 Å². The molecule has 2 aromatic carbocycles. The van der Waals surface area contributed by atoms with Gasteiger partial charge in [0.1, 0.15) is 5.82 Å². The summed E-state index contributed by atoms with van der Waals surface area (Å²) in [6.45, 7) is 3.70. The molecule has 0 saturated carbocycles. The van der Waals surface area contributed by atoms with E-state index in [1.807, 2.05) is 13.8 Å². The fraction of sp³-hybridized carbons (Fsp3) is 0.222. The summed E-state index contributed by atoms with van der Waals surface area (Å²) in [4.78, 5) is 24.0. The summed E-state index contributed by atoms with van der Waals surface area (Å²) in [6.07, 6.45) is -0.0841. The number of hydrogen-bond acceptors (Lipinski definition) is 2. The van der Waals surface area contributed by atoms with Gasteiger partial charge in [0.05, 0.1) is 17.8 Å². The molecule has 0 aliphatic heterocycles. The molecule has 0 aromatic heterocycles. The molecule has 0 saturated heterocycles. The zero-order valence-electron chi connectivity index (χ0n) is 13.6. The van der Waals surface area contributed by atoms with Crippen molar-refractivity contribution in [2.24, 2.45) is 0 Å². The van der Waals surface area contributed by atoms with Crippen LogP contribution in [0.25, 0.3) is 0 Å². The van der Waals surface area contributed by atoms with Gasteiger partial charge in [0, 0.05) is 6.04 Å². The number of carbonyl (C=O) groups excluding carboxylic acids is 2. The van der Waals surface area contributed by atoms with E-state index in [1.165, 1.54) is 6.07 Å². The van der Waals surface area contributed by atoms with Crippen LogP contribution in [0.15, 0.2) is 48.5 Å². The molecule has 0 atom stereocenters. The zero-order valence-corrected chi connectivity index (χ0v) is 13.6. The quantitative estimate of drug-likeness (QED) is 0.785. The Morgan fingerprint density at radius 3 is 2.17 bits per heavy atom. The molecular weight excluding hydrogens is 309 g/mol. The van der Waals surface area contributed by atoms with Gasteiger partial charge in [0.2, 0.25) is 5.91 Å². The van der Waals surface area contributed by atoms with Gasteiger partial charge >= 0.3 is 6.03 Å². The molecule has 0 aliphatic rings. The minimum atomic E-state index is -0.421. The van der Waals surface area contributed by atoms with Crippen LogP contribution in [0.1, 0.15) is 19.4 Å². The van der Waals surface area contributed by atoms with Crippen LogP contribution in [0.5, 0.6) is 0 Å². The predicted octanol–water partition coefficient (Wildman–Crippen LogP) is 3.54. The summed E-state index contributed by atoms with van der Waals surface area (Å²) in [5.74, 6) is -0.783. The van der Waals surface area contributed by atoms with E-state index in [4.69, 9.17) is 0 Å². The highest BCUT2D eigenvalue weighted by atomic mass is 19.1. The first-order chi connectivity index (χ1) is 11.5. The number of rotatable bonds is 5. The van der Waals surface area contributed by atoms with Crippen LogP contribution in [0, 0.1) is 5.82 Å². The van der Waals surface area contributed by atoms with Crippen LogP contribution in [0.3, 0.4) is 0 Å². The predicted molar refractivity (Wildman–Crippen MR) is 92.5 cm³/mol. The van der Waals surface area contributed by atoms with E-state index in [-0.39, 0.29) is 24.4 Å². The van der Waals surface area contributed by atoms with Crippen molar-refractivity contribution >= 4 is 23.3 Å². The van der Waals surface area contributed by atoms with Gasteiger partial charge in [-0.05, 0) is 37.6 Å². The van der Waals surface area contributed by atoms with Crippen molar-refractivity contribution in [3.8, 4) is 0 Å². The van der Waals surface area contributed by atoms with E-state index >= 15 is 0 Å². The summed E-state index contributed by atoms with van der Waals surface area (Å²) in [5, 5.41) is 8.09. The molecule has 0 fully saturated rings. The number of amides is 3. The zero-order chi connectivity index (χ0) is 17.5. The number of nitrogens with one attached hydrogen (secondary N) is 3. The number of para-hydroxylation sites is 2. The second-order valence-electron chi connectivity index (χ2n) is 5.62. The summed E-state index contributed by atoms with van der Waals surface area (Å²) in [7, 11) is 0. The highest BCUT2D eigenvalue weighted by molar-refractivity contribution is 5.99. The molecule has 2 aromatic rings. The molecule has 0 bridgehead atoms. The van der Waals surface area contributed by atoms with Gasteiger partial charge in [0.25, 0.3) is 0 Å². The molecule has 2 rings (SSSR count). The maximum atomic E-state index is 13.6. The van der Waals surface area contributed by atoms with Crippen molar-refractivity contribution in [3.05, 3.63) is 59.9 Å². The number of urea groups is 1. The number of hydrogen-bond donors (Lipinski definition) is 3. The topological polar surface area (TPSA) is 70.2 Å². The third-order valence-corrected chi connectivity index (χ3v) is 3.18. The third-order valence-electron chi connectivity index (χ3n) is 3.18. The summed E-state index contributed by atoms with van der Waals surface area (Å²) < 4.78 is 13.6. The normalized spacial score (nSPS) is 10.3. The average Bonchev–Trinajstić information content (AvgIpc) is 2.50. The van der Waals surface area contributed by atoms with Gasteiger partial charge in [0.15, 0.2) is 0 Å². The Bertz CT molecular complexity index is 732. The minimum Gasteiger partial charge on any atom is -0.336 e. The lowest BCUT2D eigenvalue weighted by Gasteiger charge is -2.14. The number of halogens is 1. The molecular formula is C18H20FN3O2. The first-order valence-corrected chi connectivity index (χ1v) is 7.65. The SMILES string of the molecule is CC(C)NC(=O)Nc1ccccc1NC(=O)Cc1ccccc1F. The molecule has 6 heteroatoms. The molecule has 0 unspecified atom stereocenters. The fourth-order valence-corrected chi connectivity index (χ4v) is 2.13. The summed E-state index contributed by atoms with van der Waals surface area (Å²) in [5.41, 5.74) is 1.24. The third kappa shape index (κ3) is 5.08. The second-order valence-corrected chi connectivity index (χ2v) is 5.62. The highest BCUT2D eigenvalue weighted by Gasteiger charge is 2.12. The first kappa shape index (κ1) is 17.5. The number of carbonyl (C=O) groups is 2. The van der Waals surface area contributed by atoms with Gasteiger partial charge < -0.3 is 16.0 Å². The van der Waals surface area contributed by atoms with Crippen LogP contribution >= 0.6 is 0 Å². The van der Waals surface area contributed by atoms with Gasteiger partial charge in [-0.25, -0.2) is 9.18 Å². The van der Waals surface area contributed by atoms with Crippen LogP contribution in [0.2, 0.25) is 0 Å². The van der Waals surface area contributed by atoms with E-state index in [9.17, 15) is 14.0 Å². The van der Waals surface area contributed by atoms with Crippen LogP contribution in [-0.4, -0.2) is 18.0 Å². The van der Waals surface area contributed by atoms with E-state index < -0.39 is 5.82 Å². The summed E-state index contributed by atoms with van der Waals surface area (Å²) >= 11 is 0. The Morgan fingerprint density at radius 2 is 1.54 bits per heavy atom. The highest BCUT2D eigenvalue weighted by Crippen LogP contribution is 2.21. The number of benzene rings is 2. The van der Waals surface area contributed by atoms with Crippen molar-refractivity contribution in [3.63, 3.8) is 0 Å². The smallest absolute Gasteiger partial charge is 0.319 e. The molecule has 5 nitrogen and oxygen atoms in total. The van der Waals surface area contributed by atoms with Gasteiger partial charge in [-0.2, -0.15) is 0 Å². The lowest BCUT2D eigenvalue weighted by molar-refractivity contribution is -0.115. The molecule has 24 heavy (non-hydrogen) atoms. The molecule has 3 N–H and O–H groups in total. The van der Waals surface area contributed by atoms with Gasteiger partial charge in [-0.3, -0.25) is 4.79 Å². The van der Waals surface area contributed by atoms with E-state index in [1.54, 1.807) is 42.5 Å². The van der Waals surface area contributed by atoms with Crippen molar-refractivity contribution < 1.29 is 14.0 Å². The molecule has 0 aliphatic carbocycles. The molecule has 0 radical (unpaired) electrons. The van der Waals surface area contributed by atoms with Crippen molar-refractivity contribution in [2.45, 2.75) is 26.3 Å². The van der Waals surface area contributed by atoms with Crippen LogP contribution < -0.4 is 16.0 Å².